The van der Waals surface area contributed by atoms with Crippen LogP contribution in [-0.2, 0) is 16.8 Å². The Morgan fingerprint density at radius 1 is 0.957 bits per heavy atom. The minimum atomic E-state index is -0.478. The van der Waals surface area contributed by atoms with Gasteiger partial charge in [-0.25, -0.2) is 4.98 Å². The van der Waals surface area contributed by atoms with Gasteiger partial charge in [0.15, 0.2) is 5.82 Å². The Morgan fingerprint density at radius 3 is 1.89 bits per heavy atom. The van der Waals surface area contributed by atoms with E-state index < -0.39 is 5.54 Å². The predicted molar refractivity (Wildman–Crippen MR) is 200 cm³/mol. The molecule has 0 aliphatic carbocycles. The number of aryl methyl sites for hydroxylation is 1. The van der Waals surface area contributed by atoms with E-state index in [1.165, 1.54) is 24.0 Å². The molecule has 1 N–H and O–H groups in total. The summed E-state index contributed by atoms with van der Waals surface area (Å²) in [5, 5.41) is 2.95. The lowest BCUT2D eigenvalue weighted by Gasteiger charge is -2.43. The smallest absolute Gasteiger partial charge is 0.228 e. The van der Waals surface area contributed by atoms with Crippen molar-refractivity contribution < 1.29 is 4.79 Å². The molecule has 2 atom stereocenters. The number of likely N-dealkylation sites (tertiary alicyclic amines) is 1. The van der Waals surface area contributed by atoms with Crippen LogP contribution in [0.1, 0.15) is 107 Å². The van der Waals surface area contributed by atoms with Gasteiger partial charge >= 0.3 is 0 Å². The second kappa shape index (κ2) is 19.8. The number of hydrogen-bond acceptors (Lipinski definition) is 3. The molecule has 1 aliphatic heterocycles. The molecular formula is C41H64N4O. The number of rotatable bonds is 8. The van der Waals surface area contributed by atoms with E-state index in [0.717, 1.165) is 43.1 Å². The Bertz CT molecular complexity index is 1300. The first-order valence-corrected chi connectivity index (χ1v) is 17.3. The van der Waals surface area contributed by atoms with Crippen LogP contribution >= 0.6 is 0 Å². The summed E-state index contributed by atoms with van der Waals surface area (Å²) in [5.41, 5.74) is 4.70. The molecule has 0 saturated carbocycles. The lowest BCUT2D eigenvalue weighted by molar-refractivity contribution is -0.119. The maximum atomic E-state index is 12.3. The fraction of sp³-hybridized carbons (Fsp3) is 0.512. The molecule has 1 aliphatic rings. The quantitative estimate of drug-likeness (QED) is 0.253. The van der Waals surface area contributed by atoms with Crippen molar-refractivity contribution in [1.82, 2.24) is 14.5 Å². The monoisotopic (exact) mass is 629 g/mol. The summed E-state index contributed by atoms with van der Waals surface area (Å²) in [5.74, 6) is 1.31. The van der Waals surface area contributed by atoms with Gasteiger partial charge in [-0.1, -0.05) is 142 Å². The highest BCUT2D eigenvalue weighted by Gasteiger charge is 2.36. The van der Waals surface area contributed by atoms with Crippen molar-refractivity contribution in [3.63, 3.8) is 0 Å². The van der Waals surface area contributed by atoms with Crippen molar-refractivity contribution in [2.75, 3.05) is 18.4 Å². The summed E-state index contributed by atoms with van der Waals surface area (Å²) in [6, 6.07) is 20.9. The number of aromatic nitrogens is 2. The van der Waals surface area contributed by atoms with Crippen LogP contribution in [0.3, 0.4) is 0 Å². The Labute approximate surface area is 282 Å². The third-order valence-electron chi connectivity index (χ3n) is 9.00. The van der Waals surface area contributed by atoms with Crippen molar-refractivity contribution in [3.05, 3.63) is 109 Å². The van der Waals surface area contributed by atoms with Gasteiger partial charge in [0.25, 0.3) is 0 Å². The zero-order valence-corrected chi connectivity index (χ0v) is 31.0. The number of carbonyl (C=O) groups is 1. The summed E-state index contributed by atoms with van der Waals surface area (Å²) in [4.78, 5) is 19.2. The molecular weight excluding hydrogens is 564 g/mol. The van der Waals surface area contributed by atoms with Crippen LogP contribution in [0.5, 0.6) is 0 Å². The number of imidazole rings is 1. The maximum Gasteiger partial charge on any atom is 0.228 e. The van der Waals surface area contributed by atoms with Gasteiger partial charge in [-0.05, 0) is 62.0 Å². The topological polar surface area (TPSA) is 50.2 Å². The molecule has 254 valence electrons. The molecule has 0 bridgehead atoms. The standard InChI is InChI=1S/C24H34N4O.C8H10.C7H14.C2H6/c1-6-19(3)23(29)26-22-16-28(17-25-22)24(5,21-10-8-7-9-11-21)20(4)27-14-12-18(2)13-15-27;1-2-8-6-4-3-5-7-8;1-6(2)7(3,4)5;1-2/h7-11,16-19H,4,6,12-15H2,1-3,5H3,(H,26,29);3-7H,2H2,1H3;1H2,2-5H3;1-2H3. The summed E-state index contributed by atoms with van der Waals surface area (Å²) in [6.07, 6.45) is 8.04. The Hall–Kier alpha value is -3.60. The predicted octanol–water partition coefficient (Wildman–Crippen LogP) is 10.8. The van der Waals surface area contributed by atoms with Crippen molar-refractivity contribution in [1.29, 1.82) is 0 Å². The number of nitrogens with zero attached hydrogens (tertiary/aromatic N) is 3. The van der Waals surface area contributed by atoms with E-state index in [9.17, 15) is 4.79 Å². The molecule has 46 heavy (non-hydrogen) atoms. The van der Waals surface area contributed by atoms with E-state index in [2.05, 4.69) is 130 Å². The number of nitrogens with one attached hydrogen (secondary N) is 1. The highest BCUT2D eigenvalue weighted by molar-refractivity contribution is 5.91. The second-order valence-electron chi connectivity index (χ2n) is 13.4. The first kappa shape index (κ1) is 40.4. The van der Waals surface area contributed by atoms with E-state index in [0.29, 0.717) is 11.2 Å². The van der Waals surface area contributed by atoms with Crippen LogP contribution in [0.15, 0.2) is 97.6 Å². The van der Waals surface area contributed by atoms with E-state index in [4.69, 9.17) is 0 Å². The Balaban J connectivity index is 0.000000508. The first-order chi connectivity index (χ1) is 21.7. The van der Waals surface area contributed by atoms with Crippen LogP contribution in [0, 0.1) is 17.3 Å². The van der Waals surface area contributed by atoms with E-state index in [1.807, 2.05) is 46.0 Å². The molecule has 3 aromatic rings. The molecule has 4 rings (SSSR count). The molecule has 0 spiro atoms. The number of hydrogen-bond donors (Lipinski definition) is 1. The third kappa shape index (κ3) is 12.3. The SMILES string of the molecule is C=C(C)C(C)(C)C.C=C(N1CCC(C)CC1)C(C)(c1ccccc1)n1cnc(NC(=O)C(C)CC)c1.CC.CCc1ccccc1. The van der Waals surface area contributed by atoms with Gasteiger partial charge < -0.3 is 14.8 Å². The largest absolute Gasteiger partial charge is 0.373 e. The fourth-order valence-corrected chi connectivity index (χ4v) is 4.59. The number of carbonyl (C=O) groups excluding carboxylic acids is 1. The van der Waals surface area contributed by atoms with Gasteiger partial charge in [0.1, 0.15) is 5.54 Å². The van der Waals surface area contributed by atoms with E-state index in [-0.39, 0.29) is 11.8 Å². The molecule has 5 nitrogen and oxygen atoms in total. The number of benzene rings is 2. The molecule has 2 unspecified atom stereocenters. The molecule has 5 heteroatoms. The van der Waals surface area contributed by atoms with Gasteiger partial charge in [-0.3, -0.25) is 4.79 Å². The lowest BCUT2D eigenvalue weighted by Crippen LogP contribution is -2.43. The molecule has 2 aromatic carbocycles. The Kier molecular flexibility index (Phi) is 17.4. The molecule has 1 saturated heterocycles. The van der Waals surface area contributed by atoms with Gasteiger partial charge in [0, 0.05) is 30.9 Å². The number of allylic oxidation sites excluding steroid dienone is 2. The highest BCUT2D eigenvalue weighted by Crippen LogP contribution is 2.37. The van der Waals surface area contributed by atoms with Gasteiger partial charge in [-0.2, -0.15) is 0 Å². The minimum absolute atomic E-state index is 0.00279. The van der Waals surface area contributed by atoms with Crippen molar-refractivity contribution >= 4 is 11.7 Å². The number of amides is 1. The summed E-state index contributed by atoms with van der Waals surface area (Å²) < 4.78 is 2.08. The fourth-order valence-electron chi connectivity index (χ4n) is 4.59. The second-order valence-corrected chi connectivity index (χ2v) is 13.4. The van der Waals surface area contributed by atoms with Crippen LogP contribution in [0.4, 0.5) is 5.82 Å². The summed E-state index contributed by atoms with van der Waals surface area (Å²) in [6.45, 7) is 33.6. The van der Waals surface area contributed by atoms with Crippen LogP contribution in [-0.4, -0.2) is 33.4 Å². The summed E-state index contributed by atoms with van der Waals surface area (Å²) >= 11 is 0. The van der Waals surface area contributed by atoms with Crippen LogP contribution in [0.2, 0.25) is 0 Å². The summed E-state index contributed by atoms with van der Waals surface area (Å²) in [7, 11) is 0. The third-order valence-corrected chi connectivity index (χ3v) is 9.00. The van der Waals surface area contributed by atoms with E-state index in [1.54, 1.807) is 6.33 Å². The van der Waals surface area contributed by atoms with Gasteiger partial charge in [0.05, 0.1) is 6.33 Å². The van der Waals surface area contributed by atoms with Crippen molar-refractivity contribution in [3.8, 4) is 0 Å². The number of piperidine rings is 1. The highest BCUT2D eigenvalue weighted by atomic mass is 16.1. The molecule has 1 fully saturated rings. The number of anilines is 1. The molecule has 0 radical (unpaired) electrons. The molecule has 1 aromatic heterocycles. The normalized spacial score (nSPS) is 14.9. The molecule has 2 heterocycles. The average molecular weight is 629 g/mol. The van der Waals surface area contributed by atoms with Crippen molar-refractivity contribution in [2.24, 2.45) is 17.3 Å². The first-order valence-electron chi connectivity index (χ1n) is 17.3. The minimum Gasteiger partial charge on any atom is -0.373 e. The molecule has 1 amide bonds. The van der Waals surface area contributed by atoms with Crippen LogP contribution < -0.4 is 5.32 Å². The van der Waals surface area contributed by atoms with Crippen LogP contribution in [0.25, 0.3) is 0 Å². The maximum absolute atomic E-state index is 12.3. The van der Waals surface area contributed by atoms with Crippen molar-refractivity contribution in [2.45, 2.75) is 107 Å². The average Bonchev–Trinajstić information content (AvgIpc) is 3.54. The van der Waals surface area contributed by atoms with Gasteiger partial charge in [0.2, 0.25) is 5.91 Å². The van der Waals surface area contributed by atoms with E-state index >= 15 is 0 Å². The zero-order valence-electron chi connectivity index (χ0n) is 31.0. The van der Waals surface area contributed by atoms with Gasteiger partial charge in [-0.15, -0.1) is 0 Å². The Morgan fingerprint density at radius 2 is 1.46 bits per heavy atom. The zero-order chi connectivity index (χ0) is 34.9. The lowest BCUT2D eigenvalue weighted by atomic mass is 9.86.